The monoisotopic (exact) mass is 279 g/mol. The van der Waals surface area contributed by atoms with Gasteiger partial charge in [-0.2, -0.15) is 0 Å². The van der Waals surface area contributed by atoms with Gasteiger partial charge in [0.1, 0.15) is 17.2 Å². The Labute approximate surface area is 121 Å². The van der Waals surface area contributed by atoms with Gasteiger partial charge in [0.15, 0.2) is 0 Å². The number of carboxylic acids is 1. The maximum absolute atomic E-state index is 10.7. The molecule has 1 aromatic heterocycles. The number of rotatable bonds is 4. The molecule has 3 aromatic rings. The summed E-state index contributed by atoms with van der Waals surface area (Å²) in [5.41, 5.74) is 0.690. The van der Waals surface area contributed by atoms with E-state index in [1.807, 2.05) is 42.5 Å². The molecule has 104 valence electrons. The van der Waals surface area contributed by atoms with Gasteiger partial charge in [-0.15, -0.1) is 0 Å². The Hall–Kier alpha value is -3.08. The molecule has 0 aliphatic heterocycles. The number of carbonyl (C=O) groups is 1. The lowest BCUT2D eigenvalue weighted by Crippen LogP contribution is -2.22. The topological polar surface area (TPSA) is 67.2 Å². The SMILES string of the molecule is O=C([O-])c1cn(-c2ccc(Oc3ccccc3)cc2)cn1. The molecule has 0 bridgehead atoms. The zero-order valence-corrected chi connectivity index (χ0v) is 11.0. The van der Waals surface area contributed by atoms with Gasteiger partial charge in [-0.05, 0) is 36.4 Å². The van der Waals surface area contributed by atoms with Gasteiger partial charge in [0.2, 0.25) is 0 Å². The Morgan fingerprint density at radius 3 is 2.29 bits per heavy atom. The van der Waals surface area contributed by atoms with Crippen molar-refractivity contribution < 1.29 is 14.6 Å². The summed E-state index contributed by atoms with van der Waals surface area (Å²) in [6.45, 7) is 0. The number of imidazole rings is 1. The maximum atomic E-state index is 10.7. The molecule has 3 rings (SSSR count). The van der Waals surface area contributed by atoms with Crippen LogP contribution in [0.25, 0.3) is 5.69 Å². The van der Waals surface area contributed by atoms with E-state index in [9.17, 15) is 9.90 Å². The van der Waals surface area contributed by atoms with Gasteiger partial charge in [-0.3, -0.25) is 0 Å². The van der Waals surface area contributed by atoms with E-state index in [2.05, 4.69) is 4.98 Å². The number of carboxylic acid groups (broad SMARTS) is 1. The number of hydrogen-bond donors (Lipinski definition) is 0. The van der Waals surface area contributed by atoms with Crippen molar-refractivity contribution in [2.24, 2.45) is 0 Å². The third-order valence-electron chi connectivity index (χ3n) is 2.91. The summed E-state index contributed by atoms with van der Waals surface area (Å²) in [5, 5.41) is 10.7. The molecule has 0 atom stereocenters. The number of benzene rings is 2. The fourth-order valence-electron chi connectivity index (χ4n) is 1.88. The fraction of sp³-hybridized carbons (Fsp3) is 0. The summed E-state index contributed by atoms with van der Waals surface area (Å²) in [6.07, 6.45) is 2.83. The van der Waals surface area contributed by atoms with E-state index in [0.717, 1.165) is 11.4 Å². The molecule has 0 aliphatic rings. The van der Waals surface area contributed by atoms with Crippen molar-refractivity contribution in [3.63, 3.8) is 0 Å². The van der Waals surface area contributed by atoms with E-state index >= 15 is 0 Å². The molecule has 2 aromatic carbocycles. The highest BCUT2D eigenvalue weighted by Gasteiger charge is 2.02. The van der Waals surface area contributed by atoms with Crippen LogP contribution in [-0.2, 0) is 0 Å². The Kier molecular flexibility index (Phi) is 3.39. The van der Waals surface area contributed by atoms with Crippen LogP contribution < -0.4 is 9.84 Å². The number of aromatic nitrogens is 2. The highest BCUT2D eigenvalue weighted by atomic mass is 16.5. The number of nitrogens with zero attached hydrogens (tertiary/aromatic N) is 2. The summed E-state index contributed by atoms with van der Waals surface area (Å²) < 4.78 is 7.29. The molecule has 0 saturated heterocycles. The van der Waals surface area contributed by atoms with Crippen molar-refractivity contribution in [1.82, 2.24) is 9.55 Å². The summed E-state index contributed by atoms with van der Waals surface area (Å²) in [5.74, 6) is 0.162. The molecule has 21 heavy (non-hydrogen) atoms. The van der Waals surface area contributed by atoms with E-state index in [-0.39, 0.29) is 5.69 Å². The molecule has 1 heterocycles. The van der Waals surface area contributed by atoms with Crippen LogP contribution in [0.5, 0.6) is 11.5 Å². The van der Waals surface area contributed by atoms with Gasteiger partial charge in [0.05, 0.1) is 12.3 Å². The van der Waals surface area contributed by atoms with Gasteiger partial charge in [-0.25, -0.2) is 4.98 Å². The lowest BCUT2D eigenvalue weighted by Gasteiger charge is -2.07. The second kappa shape index (κ2) is 5.50. The number of carbonyl (C=O) groups excluding carboxylic acids is 1. The van der Waals surface area contributed by atoms with Crippen LogP contribution in [0.2, 0.25) is 0 Å². The van der Waals surface area contributed by atoms with Gasteiger partial charge in [0, 0.05) is 11.9 Å². The average molecular weight is 279 g/mol. The predicted octanol–water partition coefficient (Wildman–Crippen LogP) is 2.03. The van der Waals surface area contributed by atoms with Crippen LogP contribution in [-0.4, -0.2) is 15.5 Å². The second-order valence-corrected chi connectivity index (χ2v) is 4.36. The molecule has 0 aliphatic carbocycles. The first-order valence-electron chi connectivity index (χ1n) is 6.31. The smallest absolute Gasteiger partial charge is 0.127 e. The van der Waals surface area contributed by atoms with Gasteiger partial charge in [-0.1, -0.05) is 18.2 Å². The second-order valence-electron chi connectivity index (χ2n) is 4.36. The highest BCUT2D eigenvalue weighted by molar-refractivity contribution is 5.83. The van der Waals surface area contributed by atoms with Crippen LogP contribution in [0.4, 0.5) is 0 Å². The van der Waals surface area contributed by atoms with Crippen LogP contribution in [0.1, 0.15) is 10.5 Å². The van der Waals surface area contributed by atoms with Crippen molar-refractivity contribution in [2.75, 3.05) is 0 Å². The molecule has 5 heteroatoms. The van der Waals surface area contributed by atoms with E-state index in [0.29, 0.717) is 5.75 Å². The minimum absolute atomic E-state index is 0.0976. The van der Waals surface area contributed by atoms with Crippen molar-refractivity contribution in [3.8, 4) is 17.2 Å². The van der Waals surface area contributed by atoms with Crippen molar-refractivity contribution >= 4 is 5.97 Å². The lowest BCUT2D eigenvalue weighted by molar-refractivity contribution is -0.255. The third-order valence-corrected chi connectivity index (χ3v) is 2.91. The van der Waals surface area contributed by atoms with Crippen molar-refractivity contribution in [2.45, 2.75) is 0 Å². The minimum atomic E-state index is -1.29. The fourth-order valence-corrected chi connectivity index (χ4v) is 1.88. The van der Waals surface area contributed by atoms with Crippen molar-refractivity contribution in [1.29, 1.82) is 0 Å². The van der Waals surface area contributed by atoms with Crippen LogP contribution in [0.15, 0.2) is 67.1 Å². The van der Waals surface area contributed by atoms with Gasteiger partial charge >= 0.3 is 0 Å². The van der Waals surface area contributed by atoms with Crippen LogP contribution in [0.3, 0.4) is 0 Å². The maximum Gasteiger partial charge on any atom is 0.127 e. The normalized spacial score (nSPS) is 10.3. The van der Waals surface area contributed by atoms with Crippen LogP contribution >= 0.6 is 0 Å². The largest absolute Gasteiger partial charge is 0.543 e. The standard InChI is InChI=1S/C16H12N2O3/c19-16(20)15-10-18(11-17-15)12-6-8-14(9-7-12)21-13-4-2-1-3-5-13/h1-11H,(H,19,20)/p-1. The molecular formula is C16H11N2O3-. The zero-order chi connectivity index (χ0) is 14.7. The summed E-state index contributed by atoms with van der Waals surface area (Å²) in [6, 6.07) is 16.7. The molecule has 0 unspecified atom stereocenters. The van der Waals surface area contributed by atoms with E-state index in [1.165, 1.54) is 12.5 Å². The predicted molar refractivity (Wildman–Crippen MR) is 74.4 cm³/mol. The minimum Gasteiger partial charge on any atom is -0.543 e. The number of hydrogen-bond acceptors (Lipinski definition) is 4. The Morgan fingerprint density at radius 1 is 1.00 bits per heavy atom. The number of aromatic carboxylic acids is 1. The first-order chi connectivity index (χ1) is 10.2. The first-order valence-corrected chi connectivity index (χ1v) is 6.31. The number of ether oxygens (including phenoxy) is 1. The Bertz CT molecular complexity index is 749. The summed E-state index contributed by atoms with van der Waals surface area (Å²) in [4.78, 5) is 14.4. The van der Waals surface area contributed by atoms with E-state index < -0.39 is 5.97 Å². The molecule has 0 amide bonds. The molecule has 5 nitrogen and oxygen atoms in total. The zero-order valence-electron chi connectivity index (χ0n) is 11.0. The Morgan fingerprint density at radius 2 is 1.67 bits per heavy atom. The highest BCUT2D eigenvalue weighted by Crippen LogP contribution is 2.22. The lowest BCUT2D eigenvalue weighted by atomic mass is 10.3. The average Bonchev–Trinajstić information content (AvgIpc) is 2.99. The molecule has 0 spiro atoms. The molecule has 0 radical (unpaired) electrons. The van der Waals surface area contributed by atoms with Crippen molar-refractivity contribution in [3.05, 3.63) is 72.8 Å². The molecule has 0 saturated carbocycles. The Balaban J connectivity index is 1.78. The summed E-state index contributed by atoms with van der Waals surface area (Å²) in [7, 11) is 0. The van der Waals surface area contributed by atoms with E-state index in [4.69, 9.17) is 4.74 Å². The van der Waals surface area contributed by atoms with Gasteiger partial charge in [0.25, 0.3) is 0 Å². The molecule has 0 fully saturated rings. The third kappa shape index (κ3) is 2.92. The summed E-state index contributed by atoms with van der Waals surface area (Å²) >= 11 is 0. The van der Waals surface area contributed by atoms with Crippen LogP contribution in [0, 0.1) is 0 Å². The number of para-hydroxylation sites is 1. The molecular weight excluding hydrogens is 268 g/mol. The molecule has 0 N–H and O–H groups in total. The van der Waals surface area contributed by atoms with Gasteiger partial charge < -0.3 is 19.2 Å². The van der Waals surface area contributed by atoms with E-state index in [1.54, 1.807) is 16.7 Å². The first kappa shape index (κ1) is 12.9. The quantitative estimate of drug-likeness (QED) is 0.733.